The van der Waals surface area contributed by atoms with Gasteiger partial charge < -0.3 is 25.0 Å². The maximum absolute atomic E-state index is 13.2. The maximum atomic E-state index is 13.2. The number of nitrogens with one attached hydrogen (secondary N) is 2. The number of carbonyl (C=O) groups excluding carboxylic acids is 3. The second-order valence-corrected chi connectivity index (χ2v) is 10.1. The van der Waals surface area contributed by atoms with Crippen LogP contribution in [0.15, 0.2) is 35.5 Å². The van der Waals surface area contributed by atoms with E-state index in [9.17, 15) is 14.4 Å². The number of carbonyl (C=O) groups is 3. The molecule has 1 atom stereocenters. The number of urea groups is 2. The first-order valence-corrected chi connectivity index (χ1v) is 12.4. The van der Waals surface area contributed by atoms with Gasteiger partial charge in [-0.3, -0.25) is 9.80 Å². The Bertz CT molecular complexity index is 985. The summed E-state index contributed by atoms with van der Waals surface area (Å²) in [5, 5.41) is 5.96. The van der Waals surface area contributed by atoms with E-state index in [1.54, 1.807) is 33.2 Å². The fraction of sp³-hybridized carbons (Fsp3) is 0.577. The van der Waals surface area contributed by atoms with Crippen LogP contribution in [0.2, 0.25) is 0 Å². The second-order valence-electron chi connectivity index (χ2n) is 10.1. The molecule has 1 aromatic carbocycles. The van der Waals surface area contributed by atoms with Crippen molar-refractivity contribution in [3.63, 3.8) is 0 Å². The van der Waals surface area contributed by atoms with Crippen molar-refractivity contribution in [2.45, 2.75) is 45.7 Å². The van der Waals surface area contributed by atoms with Crippen LogP contribution in [0, 0.1) is 0 Å². The van der Waals surface area contributed by atoms with E-state index in [2.05, 4.69) is 15.5 Å². The van der Waals surface area contributed by atoms with Gasteiger partial charge in [-0.25, -0.2) is 14.4 Å². The summed E-state index contributed by atoms with van der Waals surface area (Å²) in [5.74, 6) is 0.227. The topological polar surface area (TPSA) is 103 Å². The lowest BCUT2D eigenvalue weighted by Gasteiger charge is -2.36. The van der Waals surface area contributed by atoms with Gasteiger partial charge in [0.1, 0.15) is 5.75 Å². The molecule has 1 saturated heterocycles. The molecular weight excluding hydrogens is 462 g/mol. The zero-order valence-electron chi connectivity index (χ0n) is 22.2. The lowest BCUT2D eigenvalue weighted by molar-refractivity contribution is -0.139. The highest BCUT2D eigenvalue weighted by atomic mass is 16.5. The number of benzene rings is 1. The van der Waals surface area contributed by atoms with E-state index in [0.29, 0.717) is 43.2 Å². The van der Waals surface area contributed by atoms with Crippen LogP contribution >= 0.6 is 0 Å². The van der Waals surface area contributed by atoms with Crippen LogP contribution in [-0.4, -0.2) is 91.8 Å². The average molecular weight is 502 g/mol. The molecule has 1 aromatic rings. The van der Waals surface area contributed by atoms with Gasteiger partial charge in [0, 0.05) is 51.0 Å². The summed E-state index contributed by atoms with van der Waals surface area (Å²) in [6.45, 7) is 10.8. The fourth-order valence-electron chi connectivity index (χ4n) is 4.39. The first kappa shape index (κ1) is 27.3. The largest absolute Gasteiger partial charge is 0.497 e. The minimum atomic E-state index is -0.644. The number of hydrogen-bond donors (Lipinski definition) is 2. The molecule has 0 aliphatic carbocycles. The fourth-order valence-corrected chi connectivity index (χ4v) is 4.39. The molecule has 10 nitrogen and oxygen atoms in total. The Balaban J connectivity index is 1.88. The molecule has 3 rings (SSSR count). The number of methoxy groups -OCH3 is 1. The predicted octanol–water partition coefficient (Wildman–Crippen LogP) is 2.72. The van der Waals surface area contributed by atoms with Gasteiger partial charge in [0.25, 0.3) is 0 Å². The summed E-state index contributed by atoms with van der Waals surface area (Å²) in [7, 11) is 3.25. The van der Waals surface area contributed by atoms with Crippen molar-refractivity contribution in [2.75, 3.05) is 53.5 Å². The molecule has 2 aliphatic rings. The average Bonchev–Trinajstić information content (AvgIpc) is 3.06. The third kappa shape index (κ3) is 6.69. The van der Waals surface area contributed by atoms with E-state index in [1.807, 2.05) is 37.8 Å². The van der Waals surface area contributed by atoms with Crippen molar-refractivity contribution in [1.29, 1.82) is 0 Å². The molecule has 2 heterocycles. The van der Waals surface area contributed by atoms with Crippen LogP contribution in [0.4, 0.5) is 9.59 Å². The summed E-state index contributed by atoms with van der Waals surface area (Å²) in [4.78, 5) is 44.3. The normalized spacial score (nSPS) is 19.5. The lowest BCUT2D eigenvalue weighted by Crippen LogP contribution is -2.50. The van der Waals surface area contributed by atoms with E-state index in [4.69, 9.17) is 9.47 Å². The summed E-state index contributed by atoms with van der Waals surface area (Å²) < 4.78 is 10.7. The van der Waals surface area contributed by atoms with Crippen molar-refractivity contribution < 1.29 is 23.9 Å². The number of rotatable bonds is 6. The summed E-state index contributed by atoms with van der Waals surface area (Å²) in [6, 6.07) is 6.26. The molecule has 2 N–H and O–H groups in total. The van der Waals surface area contributed by atoms with Gasteiger partial charge in [-0.1, -0.05) is 12.1 Å². The SMILES string of the molecule is CCOC(=O)C1=C(CN2CCCN(C(=O)NC(C)(C)C)CC2)N(C)C(=O)N[C@H]1c1ccc(OC)cc1. The molecule has 0 radical (unpaired) electrons. The molecule has 0 unspecified atom stereocenters. The number of amides is 4. The van der Waals surface area contributed by atoms with Gasteiger partial charge >= 0.3 is 18.0 Å². The molecule has 10 heteroatoms. The van der Waals surface area contributed by atoms with Crippen molar-refractivity contribution in [2.24, 2.45) is 0 Å². The first-order chi connectivity index (χ1) is 17.0. The minimum Gasteiger partial charge on any atom is -0.497 e. The molecule has 36 heavy (non-hydrogen) atoms. The van der Waals surface area contributed by atoms with Crippen LogP contribution in [0.3, 0.4) is 0 Å². The first-order valence-electron chi connectivity index (χ1n) is 12.4. The lowest BCUT2D eigenvalue weighted by atomic mass is 9.94. The summed E-state index contributed by atoms with van der Waals surface area (Å²) in [6.07, 6.45) is 0.789. The highest BCUT2D eigenvalue weighted by Gasteiger charge is 2.37. The van der Waals surface area contributed by atoms with Crippen molar-refractivity contribution in [1.82, 2.24) is 25.3 Å². The zero-order valence-corrected chi connectivity index (χ0v) is 22.2. The molecule has 2 aliphatic heterocycles. The van der Waals surface area contributed by atoms with Crippen LogP contribution in [0.5, 0.6) is 5.75 Å². The van der Waals surface area contributed by atoms with Crippen LogP contribution < -0.4 is 15.4 Å². The van der Waals surface area contributed by atoms with Gasteiger partial charge in [0.05, 0.1) is 25.3 Å². The molecule has 4 amide bonds. The van der Waals surface area contributed by atoms with Crippen LogP contribution in [0.25, 0.3) is 0 Å². The number of ether oxygens (including phenoxy) is 2. The Morgan fingerprint density at radius 2 is 1.81 bits per heavy atom. The Morgan fingerprint density at radius 3 is 2.42 bits per heavy atom. The number of hydrogen-bond acceptors (Lipinski definition) is 6. The molecule has 0 aromatic heterocycles. The van der Waals surface area contributed by atoms with Gasteiger partial charge in [-0.2, -0.15) is 0 Å². The Kier molecular flexibility index (Phi) is 8.84. The standard InChI is InChI=1S/C26H39N5O5/c1-7-36-23(32)21-20(17-30-13-8-14-31(16-15-30)25(34)28-26(2,3)4)29(5)24(33)27-22(21)18-9-11-19(35-6)12-10-18/h9-12,22H,7-8,13-17H2,1-6H3,(H,27,33)(H,28,34)/t22-/m0/s1. The second kappa shape index (κ2) is 11.6. The Labute approximate surface area is 213 Å². The maximum Gasteiger partial charge on any atom is 0.338 e. The smallest absolute Gasteiger partial charge is 0.338 e. The highest BCUT2D eigenvalue weighted by Crippen LogP contribution is 2.32. The van der Waals surface area contributed by atoms with Crippen LogP contribution in [-0.2, 0) is 9.53 Å². The third-order valence-corrected chi connectivity index (χ3v) is 6.25. The van der Waals surface area contributed by atoms with Gasteiger partial charge in [0.15, 0.2) is 0 Å². The van der Waals surface area contributed by atoms with Crippen molar-refractivity contribution in [3.8, 4) is 5.75 Å². The zero-order chi connectivity index (χ0) is 26.5. The number of esters is 1. The van der Waals surface area contributed by atoms with E-state index in [-0.39, 0.29) is 24.2 Å². The minimum absolute atomic E-state index is 0.0792. The molecule has 0 bridgehead atoms. The van der Waals surface area contributed by atoms with E-state index >= 15 is 0 Å². The van der Waals surface area contributed by atoms with Gasteiger partial charge in [-0.05, 0) is 51.8 Å². The van der Waals surface area contributed by atoms with Crippen molar-refractivity contribution >= 4 is 18.0 Å². The van der Waals surface area contributed by atoms with Gasteiger partial charge in [0.2, 0.25) is 0 Å². The van der Waals surface area contributed by atoms with Gasteiger partial charge in [-0.15, -0.1) is 0 Å². The highest BCUT2D eigenvalue weighted by molar-refractivity contribution is 5.95. The monoisotopic (exact) mass is 501 g/mol. The Morgan fingerprint density at radius 1 is 1.11 bits per heavy atom. The van der Waals surface area contributed by atoms with E-state index in [1.165, 1.54) is 4.90 Å². The third-order valence-electron chi connectivity index (χ3n) is 6.25. The van der Waals surface area contributed by atoms with Crippen molar-refractivity contribution in [3.05, 3.63) is 41.1 Å². The number of nitrogens with zero attached hydrogens (tertiary/aromatic N) is 3. The number of likely N-dealkylation sites (N-methyl/N-ethyl adjacent to an activating group) is 1. The molecular formula is C26H39N5O5. The molecule has 0 spiro atoms. The molecule has 198 valence electrons. The summed E-state index contributed by atoms with van der Waals surface area (Å²) >= 11 is 0. The predicted molar refractivity (Wildman–Crippen MR) is 137 cm³/mol. The molecule has 0 saturated carbocycles. The van der Waals surface area contributed by atoms with E-state index < -0.39 is 12.0 Å². The molecule has 1 fully saturated rings. The quantitative estimate of drug-likeness (QED) is 0.581. The Hall–Kier alpha value is -3.27. The van der Waals surface area contributed by atoms with Crippen LogP contribution in [0.1, 0.15) is 45.7 Å². The van der Waals surface area contributed by atoms with E-state index in [0.717, 1.165) is 18.5 Å². The summed E-state index contributed by atoms with van der Waals surface area (Å²) in [5.41, 5.74) is 1.47.